The lowest BCUT2D eigenvalue weighted by molar-refractivity contribution is 0.102. The largest absolute Gasteiger partial charge is 0.320 e. The fourth-order valence-corrected chi connectivity index (χ4v) is 2.18. The Balaban J connectivity index is 2.18. The van der Waals surface area contributed by atoms with Crippen molar-refractivity contribution >= 4 is 43.5 Å². The van der Waals surface area contributed by atoms with E-state index in [0.29, 0.717) is 11.0 Å². The number of rotatable bonds is 3. The summed E-state index contributed by atoms with van der Waals surface area (Å²) in [7, 11) is 0. The molecule has 1 amide bonds. The van der Waals surface area contributed by atoms with Crippen LogP contribution < -0.4 is 5.32 Å². The minimum absolute atomic E-state index is 0.212. The predicted octanol–water partition coefficient (Wildman–Crippen LogP) is 3.99. The number of benzene rings is 1. The van der Waals surface area contributed by atoms with Crippen molar-refractivity contribution in [2.75, 3.05) is 5.32 Å². The molecule has 0 saturated carbocycles. The number of carbonyl (C=O) groups is 1. The Morgan fingerprint density at radius 3 is 2.67 bits per heavy atom. The first-order valence-electron chi connectivity index (χ1n) is 5.27. The van der Waals surface area contributed by atoms with Gasteiger partial charge in [0.15, 0.2) is 0 Å². The normalized spacial score (nSPS) is 10.1. The van der Waals surface area contributed by atoms with Gasteiger partial charge in [0.05, 0.1) is 0 Å². The molecule has 0 aliphatic carbocycles. The number of halogens is 2. The van der Waals surface area contributed by atoms with Gasteiger partial charge in [-0.05, 0) is 39.7 Å². The van der Waals surface area contributed by atoms with Gasteiger partial charge in [-0.15, -0.1) is 0 Å². The Morgan fingerprint density at radius 2 is 2.00 bits per heavy atom. The van der Waals surface area contributed by atoms with E-state index >= 15 is 0 Å². The molecule has 1 aromatic carbocycles. The molecule has 18 heavy (non-hydrogen) atoms. The van der Waals surface area contributed by atoms with E-state index in [1.54, 1.807) is 18.3 Å². The van der Waals surface area contributed by atoms with Crippen molar-refractivity contribution in [1.82, 2.24) is 4.98 Å². The highest BCUT2D eigenvalue weighted by Crippen LogP contribution is 2.18. The van der Waals surface area contributed by atoms with Crippen LogP contribution in [0, 0.1) is 0 Å². The zero-order chi connectivity index (χ0) is 13.0. The summed E-state index contributed by atoms with van der Waals surface area (Å²) in [4.78, 5) is 16.0. The second-order valence-electron chi connectivity index (χ2n) is 3.61. The summed E-state index contributed by atoms with van der Waals surface area (Å²) in [6, 6.07) is 11.1. The average Bonchev–Trinajstić information content (AvgIpc) is 2.40. The van der Waals surface area contributed by atoms with E-state index in [4.69, 9.17) is 0 Å². The molecular weight excluding hydrogens is 360 g/mol. The molecule has 1 heterocycles. The third-order valence-electron chi connectivity index (χ3n) is 2.37. The molecule has 2 aromatic rings. The lowest BCUT2D eigenvalue weighted by Gasteiger charge is -2.08. The number of nitrogens with zero attached hydrogens (tertiary/aromatic N) is 1. The molecule has 0 unspecified atom stereocenters. The van der Waals surface area contributed by atoms with Crippen molar-refractivity contribution < 1.29 is 4.79 Å². The summed E-state index contributed by atoms with van der Waals surface area (Å²) < 4.78 is 0.847. The molecule has 0 atom stereocenters. The van der Waals surface area contributed by atoms with Gasteiger partial charge in [-0.1, -0.05) is 34.1 Å². The van der Waals surface area contributed by atoms with E-state index in [1.807, 2.05) is 24.3 Å². The second kappa shape index (κ2) is 6.11. The van der Waals surface area contributed by atoms with Crippen molar-refractivity contribution in [2.24, 2.45) is 0 Å². The van der Waals surface area contributed by atoms with Gasteiger partial charge in [-0.2, -0.15) is 0 Å². The van der Waals surface area contributed by atoms with Gasteiger partial charge in [-0.3, -0.25) is 4.79 Å². The summed E-state index contributed by atoms with van der Waals surface area (Å²) in [6.07, 6.45) is 1.60. The first-order valence-corrected chi connectivity index (χ1v) is 7.19. The molecule has 3 nitrogen and oxygen atoms in total. The standard InChI is InChI=1S/C13H10Br2N2O/c14-7-9-3-1-2-4-11(9)17-13(18)12-6-5-10(15)8-16-12/h1-6,8H,7H2,(H,17,18). The highest BCUT2D eigenvalue weighted by Gasteiger charge is 2.09. The van der Waals surface area contributed by atoms with E-state index in [2.05, 4.69) is 42.2 Å². The fraction of sp³-hybridized carbons (Fsp3) is 0.0769. The number of anilines is 1. The van der Waals surface area contributed by atoms with E-state index in [0.717, 1.165) is 15.7 Å². The molecule has 92 valence electrons. The number of alkyl halides is 1. The molecule has 0 bridgehead atoms. The number of hydrogen-bond donors (Lipinski definition) is 1. The number of aromatic nitrogens is 1. The summed E-state index contributed by atoms with van der Waals surface area (Å²) in [6.45, 7) is 0. The van der Waals surface area contributed by atoms with Crippen molar-refractivity contribution in [1.29, 1.82) is 0 Å². The SMILES string of the molecule is O=C(Nc1ccccc1CBr)c1ccc(Br)cn1. The van der Waals surface area contributed by atoms with Crippen LogP contribution in [0.5, 0.6) is 0 Å². The van der Waals surface area contributed by atoms with E-state index in [-0.39, 0.29) is 5.91 Å². The number of amides is 1. The van der Waals surface area contributed by atoms with Crippen LogP contribution in [0.25, 0.3) is 0 Å². The highest BCUT2D eigenvalue weighted by molar-refractivity contribution is 9.10. The van der Waals surface area contributed by atoms with Gasteiger partial charge in [-0.25, -0.2) is 4.98 Å². The molecule has 0 spiro atoms. The van der Waals surface area contributed by atoms with E-state index < -0.39 is 0 Å². The van der Waals surface area contributed by atoms with Gasteiger partial charge >= 0.3 is 0 Å². The van der Waals surface area contributed by atoms with E-state index in [9.17, 15) is 4.79 Å². The molecule has 0 saturated heterocycles. The molecule has 5 heteroatoms. The second-order valence-corrected chi connectivity index (χ2v) is 5.08. The van der Waals surface area contributed by atoms with Crippen LogP contribution in [0.1, 0.15) is 16.1 Å². The zero-order valence-corrected chi connectivity index (χ0v) is 12.5. The van der Waals surface area contributed by atoms with Crippen LogP contribution >= 0.6 is 31.9 Å². The molecule has 0 aliphatic rings. The first-order chi connectivity index (χ1) is 8.70. The smallest absolute Gasteiger partial charge is 0.274 e. The highest BCUT2D eigenvalue weighted by atomic mass is 79.9. The molecule has 1 N–H and O–H groups in total. The lowest BCUT2D eigenvalue weighted by atomic mass is 10.2. The number of pyridine rings is 1. The maximum absolute atomic E-state index is 12.0. The Morgan fingerprint density at radius 1 is 1.22 bits per heavy atom. The number of nitrogens with one attached hydrogen (secondary N) is 1. The Kier molecular flexibility index (Phi) is 4.49. The zero-order valence-electron chi connectivity index (χ0n) is 9.36. The van der Waals surface area contributed by atoms with Crippen LogP contribution in [0.3, 0.4) is 0 Å². The van der Waals surface area contributed by atoms with Crippen LogP contribution in [-0.2, 0) is 5.33 Å². The maximum Gasteiger partial charge on any atom is 0.274 e. The van der Waals surface area contributed by atoms with Gasteiger partial charge in [0.2, 0.25) is 0 Å². The quantitative estimate of drug-likeness (QED) is 0.831. The average molecular weight is 370 g/mol. The molecule has 1 aromatic heterocycles. The van der Waals surface area contributed by atoms with Crippen LogP contribution in [-0.4, -0.2) is 10.9 Å². The minimum atomic E-state index is -0.212. The minimum Gasteiger partial charge on any atom is -0.320 e. The van der Waals surface area contributed by atoms with Crippen molar-refractivity contribution in [3.63, 3.8) is 0 Å². The Hall–Kier alpha value is -1.20. The van der Waals surface area contributed by atoms with Crippen molar-refractivity contribution in [2.45, 2.75) is 5.33 Å². The monoisotopic (exact) mass is 368 g/mol. The first kappa shape index (κ1) is 13.2. The van der Waals surface area contributed by atoms with Crippen molar-refractivity contribution in [3.8, 4) is 0 Å². The summed E-state index contributed by atoms with van der Waals surface area (Å²) in [5.74, 6) is -0.212. The Bertz CT molecular complexity index is 555. The molecular formula is C13H10Br2N2O. The van der Waals surface area contributed by atoms with Gasteiger partial charge in [0.1, 0.15) is 5.69 Å². The van der Waals surface area contributed by atoms with E-state index in [1.165, 1.54) is 0 Å². The Labute approximate surface area is 122 Å². The van der Waals surface area contributed by atoms with Crippen molar-refractivity contribution in [3.05, 3.63) is 58.3 Å². The number of para-hydroxylation sites is 1. The topological polar surface area (TPSA) is 42.0 Å². The van der Waals surface area contributed by atoms with Crippen LogP contribution in [0.4, 0.5) is 5.69 Å². The molecule has 0 radical (unpaired) electrons. The molecule has 2 rings (SSSR count). The molecule has 0 fully saturated rings. The summed E-state index contributed by atoms with van der Waals surface area (Å²) >= 11 is 6.67. The third kappa shape index (κ3) is 3.17. The van der Waals surface area contributed by atoms with Gasteiger partial charge in [0, 0.05) is 21.7 Å². The van der Waals surface area contributed by atoms with Crippen LogP contribution in [0.2, 0.25) is 0 Å². The van der Waals surface area contributed by atoms with Crippen LogP contribution in [0.15, 0.2) is 47.1 Å². The molecule has 0 aliphatic heterocycles. The lowest BCUT2D eigenvalue weighted by Crippen LogP contribution is -2.14. The fourth-order valence-electron chi connectivity index (χ4n) is 1.46. The summed E-state index contributed by atoms with van der Waals surface area (Å²) in [5.41, 5.74) is 2.22. The maximum atomic E-state index is 12.0. The summed E-state index contributed by atoms with van der Waals surface area (Å²) in [5, 5.41) is 3.54. The van der Waals surface area contributed by atoms with Gasteiger partial charge in [0.25, 0.3) is 5.91 Å². The van der Waals surface area contributed by atoms with Gasteiger partial charge < -0.3 is 5.32 Å². The predicted molar refractivity (Wildman–Crippen MR) is 79.0 cm³/mol. The number of hydrogen-bond acceptors (Lipinski definition) is 2. The third-order valence-corrected chi connectivity index (χ3v) is 3.44. The number of carbonyl (C=O) groups excluding carboxylic acids is 1.